The topological polar surface area (TPSA) is 239 Å². The normalized spacial score (nSPS) is 17.7. The Balaban J connectivity index is 1.78. The predicted octanol–water partition coefficient (Wildman–Crippen LogP) is 5.80. The number of phenols is 1. The molecule has 0 aliphatic carbocycles. The Hall–Kier alpha value is -5.67. The molecule has 0 saturated carbocycles. The summed E-state index contributed by atoms with van der Waals surface area (Å²) in [5.41, 5.74) is 7.52. The van der Waals surface area contributed by atoms with E-state index in [1.807, 2.05) is 13.8 Å². The second-order valence-electron chi connectivity index (χ2n) is 16.2. The molecule has 0 spiro atoms. The minimum atomic E-state index is -2.23. The number of carboxylic acids is 1. The molecule has 3 aromatic rings. The number of benzene rings is 3. The van der Waals surface area contributed by atoms with E-state index in [0.29, 0.717) is 24.0 Å². The molecule has 2 aliphatic heterocycles. The summed E-state index contributed by atoms with van der Waals surface area (Å²) in [7, 11) is 1.29. The molecule has 2 heterocycles. The smallest absolute Gasteiger partial charge is 0.335 e. The lowest BCUT2D eigenvalue weighted by Crippen LogP contribution is -2.57. The van der Waals surface area contributed by atoms with Crippen molar-refractivity contribution in [1.29, 1.82) is 0 Å². The summed E-state index contributed by atoms with van der Waals surface area (Å²) >= 11 is 0. The number of carboxylic acid groups (broad SMARTS) is 1. The number of aliphatic carboxylic acids is 1. The number of fused-ring (bicyclic) bond motifs is 9. The molecule has 2 aliphatic rings. The highest BCUT2D eigenvalue weighted by Crippen LogP contribution is 2.43. The number of carbonyl (C=O) groups excluding carboxylic acids is 4. The van der Waals surface area contributed by atoms with Crippen LogP contribution in [0.2, 0.25) is 0 Å². The minimum Gasteiger partial charge on any atom is -0.504 e. The summed E-state index contributed by atoms with van der Waals surface area (Å²) in [6, 6.07) is 10.7. The zero-order valence-corrected chi connectivity index (χ0v) is 35.7. The molecule has 0 aromatic heterocycles. The van der Waals surface area contributed by atoms with Gasteiger partial charge in [0.05, 0.1) is 24.9 Å². The van der Waals surface area contributed by atoms with Crippen molar-refractivity contribution in [3.63, 3.8) is 0 Å². The number of rotatable bonds is 20. The van der Waals surface area contributed by atoms with Gasteiger partial charge in [0.15, 0.2) is 23.4 Å². The third-order valence-electron chi connectivity index (χ3n) is 10.6. The van der Waals surface area contributed by atoms with E-state index < -0.39 is 59.7 Å². The van der Waals surface area contributed by atoms with Crippen LogP contribution in [0.5, 0.6) is 23.0 Å². The maximum atomic E-state index is 14.3. The lowest BCUT2D eigenvalue weighted by molar-refractivity contribution is -0.149. The van der Waals surface area contributed by atoms with Crippen LogP contribution in [0.1, 0.15) is 114 Å². The SMILES string of the molecule is CCCCCCCCCCCC(=O)Nc1cc2ccc1Oc1cc(cc(O)c1OC)[C@H]([C@H](O)C(=O)O)NC(=O)[C@@H](Cc1ccccc1)NC(=O)[C@@H](NC(=O)[C@H](N)CC(C)C)C2. The van der Waals surface area contributed by atoms with Gasteiger partial charge in [0.1, 0.15) is 12.1 Å². The molecule has 15 nitrogen and oxygen atoms in total. The van der Waals surface area contributed by atoms with Gasteiger partial charge >= 0.3 is 5.97 Å². The average molecular weight is 846 g/mol. The van der Waals surface area contributed by atoms with Crippen molar-refractivity contribution in [1.82, 2.24) is 16.0 Å². The molecule has 4 bridgehead atoms. The number of nitrogens with two attached hydrogens (primary N) is 1. The van der Waals surface area contributed by atoms with E-state index in [9.17, 15) is 39.3 Å². The Morgan fingerprint density at radius 2 is 1.57 bits per heavy atom. The van der Waals surface area contributed by atoms with Crippen LogP contribution in [-0.2, 0) is 36.8 Å². The molecule has 5 atom stereocenters. The molecule has 15 heteroatoms. The Kier molecular flexibility index (Phi) is 18.8. The fraction of sp³-hybridized carbons (Fsp3) is 0.500. The number of aromatic hydroxyl groups is 1. The number of ether oxygens (including phenoxy) is 2. The molecular formula is C46H63N5O10. The number of aliphatic hydroxyl groups is 1. The van der Waals surface area contributed by atoms with E-state index in [2.05, 4.69) is 28.2 Å². The lowest BCUT2D eigenvalue weighted by atomic mass is 9.97. The van der Waals surface area contributed by atoms with Gasteiger partial charge in [-0.2, -0.15) is 0 Å². The van der Waals surface area contributed by atoms with E-state index in [1.165, 1.54) is 45.3 Å². The molecule has 332 valence electrons. The lowest BCUT2D eigenvalue weighted by Gasteiger charge is -2.28. The minimum absolute atomic E-state index is 0.0616. The van der Waals surface area contributed by atoms with E-state index in [0.717, 1.165) is 25.3 Å². The summed E-state index contributed by atoms with van der Waals surface area (Å²) in [4.78, 5) is 67.7. The van der Waals surface area contributed by atoms with E-state index >= 15 is 0 Å². The highest BCUT2D eigenvalue weighted by atomic mass is 16.5. The second kappa shape index (κ2) is 23.9. The Morgan fingerprint density at radius 1 is 0.902 bits per heavy atom. The third kappa shape index (κ3) is 14.8. The van der Waals surface area contributed by atoms with Crippen molar-refractivity contribution >= 4 is 35.3 Å². The number of anilines is 1. The summed E-state index contributed by atoms with van der Waals surface area (Å²) in [6.45, 7) is 6.01. The summed E-state index contributed by atoms with van der Waals surface area (Å²) in [5.74, 6) is -4.77. The number of nitrogens with one attached hydrogen (secondary N) is 4. The van der Waals surface area contributed by atoms with Gasteiger partial charge in [-0.05, 0) is 59.7 Å². The zero-order chi connectivity index (χ0) is 44.5. The number of amides is 4. The first-order chi connectivity index (χ1) is 29.2. The molecule has 0 fully saturated rings. The van der Waals surface area contributed by atoms with Crippen molar-refractivity contribution in [2.24, 2.45) is 11.7 Å². The number of hydrogen-bond donors (Lipinski definition) is 8. The third-order valence-corrected chi connectivity index (χ3v) is 10.6. The molecule has 61 heavy (non-hydrogen) atoms. The monoisotopic (exact) mass is 845 g/mol. The number of hydrogen-bond acceptors (Lipinski definition) is 10. The van der Waals surface area contributed by atoms with Crippen molar-refractivity contribution in [3.05, 3.63) is 77.4 Å². The quantitative estimate of drug-likeness (QED) is 0.0633. The maximum absolute atomic E-state index is 14.3. The van der Waals surface area contributed by atoms with Gasteiger partial charge in [0.2, 0.25) is 29.4 Å². The van der Waals surface area contributed by atoms with E-state index in [4.69, 9.17) is 15.2 Å². The number of aliphatic hydroxyl groups excluding tert-OH is 1. The van der Waals surface area contributed by atoms with Crippen molar-refractivity contribution in [2.45, 2.75) is 135 Å². The average Bonchev–Trinajstić information content (AvgIpc) is 3.21. The van der Waals surface area contributed by atoms with E-state index in [1.54, 1.807) is 48.5 Å². The largest absolute Gasteiger partial charge is 0.504 e. The van der Waals surface area contributed by atoms with Crippen LogP contribution in [0, 0.1) is 5.92 Å². The van der Waals surface area contributed by atoms with Crippen molar-refractivity contribution < 1.29 is 48.8 Å². The molecule has 0 unspecified atom stereocenters. The van der Waals surface area contributed by atoms with Crippen LogP contribution in [-0.4, -0.2) is 76.3 Å². The Labute approximate surface area is 358 Å². The van der Waals surface area contributed by atoms with Crippen LogP contribution >= 0.6 is 0 Å². The van der Waals surface area contributed by atoms with Gasteiger partial charge in [-0.15, -0.1) is 0 Å². The number of methoxy groups -OCH3 is 1. The fourth-order valence-corrected chi connectivity index (χ4v) is 7.30. The first kappa shape index (κ1) is 48.0. The zero-order valence-electron chi connectivity index (χ0n) is 35.7. The maximum Gasteiger partial charge on any atom is 0.335 e. The molecule has 4 amide bonds. The molecule has 0 radical (unpaired) electrons. The fourth-order valence-electron chi connectivity index (χ4n) is 7.30. The van der Waals surface area contributed by atoms with Gasteiger partial charge in [-0.25, -0.2) is 4.79 Å². The van der Waals surface area contributed by atoms with Gasteiger partial charge in [0, 0.05) is 19.3 Å². The van der Waals surface area contributed by atoms with Gasteiger partial charge in [-0.1, -0.05) is 109 Å². The first-order valence-corrected chi connectivity index (χ1v) is 21.3. The number of carbonyl (C=O) groups is 5. The molecule has 3 aromatic carbocycles. The van der Waals surface area contributed by atoms with Crippen LogP contribution < -0.4 is 36.5 Å². The van der Waals surface area contributed by atoms with E-state index in [-0.39, 0.29) is 59.6 Å². The molecule has 5 rings (SSSR count). The Morgan fingerprint density at radius 3 is 2.21 bits per heavy atom. The van der Waals surface area contributed by atoms with Crippen molar-refractivity contribution in [3.8, 4) is 23.0 Å². The van der Waals surface area contributed by atoms with Crippen LogP contribution in [0.25, 0.3) is 0 Å². The summed E-state index contributed by atoms with van der Waals surface area (Å²) in [6.07, 6.45) is 7.87. The first-order valence-electron chi connectivity index (χ1n) is 21.3. The molecule has 9 N–H and O–H groups in total. The molecular weight excluding hydrogens is 783 g/mol. The number of phenolic OH excluding ortho intramolecular Hbond substituents is 1. The second-order valence-corrected chi connectivity index (χ2v) is 16.2. The summed E-state index contributed by atoms with van der Waals surface area (Å²) < 4.78 is 11.8. The van der Waals surface area contributed by atoms with Gasteiger partial charge in [0.25, 0.3) is 0 Å². The van der Waals surface area contributed by atoms with Gasteiger partial charge < -0.3 is 51.8 Å². The van der Waals surface area contributed by atoms with Crippen LogP contribution in [0.15, 0.2) is 60.7 Å². The van der Waals surface area contributed by atoms with Crippen LogP contribution in [0.4, 0.5) is 5.69 Å². The Bertz CT molecular complexity index is 1940. The highest BCUT2D eigenvalue weighted by Gasteiger charge is 2.35. The standard InChI is InChI=1S/C46H63N5O10/c1-5-6-7-8-9-10-11-12-16-19-39(53)48-33-24-30-20-21-37(33)61-38-27-31(26-36(52)42(38)60-4)40(41(54)46(58)59)51-45(57)34(23-29-17-14-13-15-18-29)50-44(56)35(25-30)49-43(55)32(47)22-28(2)3/h13-15,17-18,20-21,24,26-28,32,34-35,40-41,52,54H,5-12,16,19,22-23,25,47H2,1-4H3,(H,48,53)(H,49,55)(H,50,56)(H,51,57)(H,58,59)/t32-,34-,35+,40-,41+/m1/s1. The number of unbranched alkanes of at least 4 members (excludes halogenated alkanes) is 8. The molecule has 0 saturated heterocycles. The highest BCUT2D eigenvalue weighted by molar-refractivity contribution is 5.94. The van der Waals surface area contributed by atoms with Crippen molar-refractivity contribution in [2.75, 3.05) is 12.4 Å². The van der Waals surface area contributed by atoms with Crippen LogP contribution in [0.3, 0.4) is 0 Å². The summed E-state index contributed by atoms with van der Waals surface area (Å²) in [5, 5.41) is 43.1. The predicted molar refractivity (Wildman–Crippen MR) is 231 cm³/mol. The van der Waals surface area contributed by atoms with Gasteiger partial charge in [-0.3, -0.25) is 19.2 Å².